The molecule has 0 bridgehead atoms. The lowest BCUT2D eigenvalue weighted by molar-refractivity contribution is -0.146. The van der Waals surface area contributed by atoms with Crippen LogP contribution in [0.2, 0.25) is 5.02 Å². The van der Waals surface area contributed by atoms with E-state index in [1.54, 1.807) is 19.2 Å². The summed E-state index contributed by atoms with van der Waals surface area (Å²) in [7, 11) is 3.06. The number of hydrogen-bond acceptors (Lipinski definition) is 5. The van der Waals surface area contributed by atoms with Crippen LogP contribution in [0.25, 0.3) is 0 Å². The molecule has 1 fully saturated rings. The molecule has 1 heterocycles. The van der Waals surface area contributed by atoms with Crippen molar-refractivity contribution in [3.05, 3.63) is 22.7 Å². The molecule has 0 saturated carbocycles. The van der Waals surface area contributed by atoms with Crippen LogP contribution in [0.15, 0.2) is 12.1 Å². The van der Waals surface area contributed by atoms with Gasteiger partial charge in [-0.05, 0) is 44.5 Å². The molecule has 0 radical (unpaired) electrons. The third kappa shape index (κ3) is 5.97. The Balaban J connectivity index is 0.00000364. The minimum Gasteiger partial charge on any atom is -0.495 e. The number of nitrogens with one attached hydrogen (secondary N) is 3. The maximum Gasteiger partial charge on any atom is 0.252 e. The second-order valence-electron chi connectivity index (χ2n) is 6.30. The van der Waals surface area contributed by atoms with Crippen molar-refractivity contribution in [2.75, 3.05) is 39.2 Å². The molecular formula is C18H27Cl2N3O4. The van der Waals surface area contributed by atoms with Crippen molar-refractivity contribution in [1.82, 2.24) is 10.6 Å². The fourth-order valence-electron chi connectivity index (χ4n) is 2.95. The van der Waals surface area contributed by atoms with E-state index in [4.69, 9.17) is 21.1 Å². The van der Waals surface area contributed by atoms with E-state index in [0.29, 0.717) is 29.3 Å². The maximum atomic E-state index is 12.4. The predicted octanol–water partition coefficient (Wildman–Crippen LogP) is 2.29. The molecule has 9 heteroatoms. The average molecular weight is 420 g/mol. The van der Waals surface area contributed by atoms with E-state index in [0.717, 1.165) is 18.7 Å². The second kappa shape index (κ2) is 10.7. The van der Waals surface area contributed by atoms with E-state index in [1.807, 2.05) is 6.92 Å². The summed E-state index contributed by atoms with van der Waals surface area (Å²) in [5.74, 6) is 0.0994. The standard InChI is InChI=1S/C18H26ClN3O4.ClH/c1-12-10-14(15(25-2)11-13(12)19)22-16(23)4-7-21-17(24)18(26-3)5-8-20-9-6-18;/h10-11,20H,4-9H2,1-3H3,(H,21,24)(H,22,23);1H. The van der Waals surface area contributed by atoms with Gasteiger partial charge in [0.25, 0.3) is 5.91 Å². The second-order valence-corrected chi connectivity index (χ2v) is 6.71. The number of methoxy groups -OCH3 is 2. The number of aryl methyl sites for hydroxylation is 1. The molecule has 7 nitrogen and oxygen atoms in total. The molecule has 1 aromatic carbocycles. The zero-order chi connectivity index (χ0) is 19.2. The van der Waals surface area contributed by atoms with E-state index in [9.17, 15) is 9.59 Å². The van der Waals surface area contributed by atoms with E-state index >= 15 is 0 Å². The largest absolute Gasteiger partial charge is 0.495 e. The number of piperidine rings is 1. The van der Waals surface area contributed by atoms with Gasteiger partial charge in [-0.3, -0.25) is 9.59 Å². The van der Waals surface area contributed by atoms with Gasteiger partial charge in [-0.25, -0.2) is 0 Å². The van der Waals surface area contributed by atoms with Gasteiger partial charge in [0.1, 0.15) is 11.4 Å². The van der Waals surface area contributed by atoms with Crippen LogP contribution in [0, 0.1) is 6.92 Å². The van der Waals surface area contributed by atoms with Gasteiger partial charge in [-0.15, -0.1) is 12.4 Å². The molecule has 0 atom stereocenters. The number of carbonyl (C=O) groups is 2. The van der Waals surface area contributed by atoms with Crippen LogP contribution < -0.4 is 20.7 Å². The number of rotatable bonds is 7. The highest BCUT2D eigenvalue weighted by Crippen LogP contribution is 2.31. The highest BCUT2D eigenvalue weighted by molar-refractivity contribution is 6.31. The molecule has 0 unspecified atom stereocenters. The number of benzene rings is 1. The number of ether oxygens (including phenoxy) is 2. The van der Waals surface area contributed by atoms with Crippen molar-refractivity contribution < 1.29 is 19.1 Å². The fourth-order valence-corrected chi connectivity index (χ4v) is 3.10. The van der Waals surface area contributed by atoms with Gasteiger partial charge in [0.05, 0.1) is 12.8 Å². The third-order valence-corrected chi connectivity index (χ3v) is 5.02. The molecule has 27 heavy (non-hydrogen) atoms. The first kappa shape index (κ1) is 23.5. The Bertz CT molecular complexity index is 664. The molecule has 3 N–H and O–H groups in total. The van der Waals surface area contributed by atoms with E-state index in [2.05, 4.69) is 16.0 Å². The van der Waals surface area contributed by atoms with Gasteiger partial charge >= 0.3 is 0 Å². The Morgan fingerprint density at radius 1 is 1.26 bits per heavy atom. The molecule has 2 amide bonds. The van der Waals surface area contributed by atoms with Crippen LogP contribution in [-0.4, -0.2) is 51.3 Å². The zero-order valence-electron chi connectivity index (χ0n) is 15.8. The van der Waals surface area contributed by atoms with Crippen molar-refractivity contribution in [2.24, 2.45) is 0 Å². The first-order valence-corrected chi connectivity index (χ1v) is 8.98. The maximum absolute atomic E-state index is 12.4. The molecule has 1 aliphatic rings. The molecule has 2 rings (SSSR count). The Morgan fingerprint density at radius 3 is 2.52 bits per heavy atom. The van der Waals surface area contributed by atoms with Crippen LogP contribution >= 0.6 is 24.0 Å². The van der Waals surface area contributed by atoms with E-state index in [-0.39, 0.29) is 37.2 Å². The lowest BCUT2D eigenvalue weighted by Gasteiger charge is -2.34. The van der Waals surface area contributed by atoms with Gasteiger partial charge in [-0.1, -0.05) is 11.6 Å². The number of amides is 2. The van der Waals surface area contributed by atoms with E-state index in [1.165, 1.54) is 7.11 Å². The predicted molar refractivity (Wildman–Crippen MR) is 108 cm³/mol. The Kier molecular flexibility index (Phi) is 9.32. The summed E-state index contributed by atoms with van der Waals surface area (Å²) in [5, 5.41) is 9.37. The lowest BCUT2D eigenvalue weighted by atomic mass is 9.91. The van der Waals surface area contributed by atoms with Gasteiger partial charge < -0.3 is 25.4 Å². The summed E-state index contributed by atoms with van der Waals surface area (Å²) in [6.45, 7) is 3.55. The summed E-state index contributed by atoms with van der Waals surface area (Å²) in [6, 6.07) is 3.42. The molecule has 0 spiro atoms. The summed E-state index contributed by atoms with van der Waals surface area (Å²) < 4.78 is 10.7. The van der Waals surface area contributed by atoms with Crippen LogP contribution in [0.5, 0.6) is 5.75 Å². The highest BCUT2D eigenvalue weighted by Gasteiger charge is 2.39. The van der Waals surface area contributed by atoms with Crippen LogP contribution in [0.3, 0.4) is 0 Å². The molecule has 1 aliphatic heterocycles. The van der Waals surface area contributed by atoms with Crippen molar-refractivity contribution in [1.29, 1.82) is 0 Å². The third-order valence-electron chi connectivity index (χ3n) is 4.61. The van der Waals surface area contributed by atoms with Crippen LogP contribution in [0.4, 0.5) is 5.69 Å². The first-order valence-electron chi connectivity index (χ1n) is 8.60. The van der Waals surface area contributed by atoms with Gasteiger partial charge in [0.15, 0.2) is 0 Å². The first-order chi connectivity index (χ1) is 12.4. The summed E-state index contributed by atoms with van der Waals surface area (Å²) in [5.41, 5.74) is 0.583. The normalized spacial score (nSPS) is 15.4. The average Bonchev–Trinajstić information content (AvgIpc) is 2.64. The minimum atomic E-state index is -0.807. The fraction of sp³-hybridized carbons (Fsp3) is 0.556. The molecule has 1 aromatic rings. The number of halogens is 2. The van der Waals surface area contributed by atoms with Crippen LogP contribution in [-0.2, 0) is 14.3 Å². The molecular weight excluding hydrogens is 393 g/mol. The topological polar surface area (TPSA) is 88.7 Å². The smallest absolute Gasteiger partial charge is 0.252 e. The summed E-state index contributed by atoms with van der Waals surface area (Å²) in [6.07, 6.45) is 1.38. The number of carbonyl (C=O) groups excluding carboxylic acids is 2. The van der Waals surface area contributed by atoms with Crippen molar-refractivity contribution in [2.45, 2.75) is 31.8 Å². The SMILES string of the molecule is COc1cc(Cl)c(C)cc1NC(=O)CCNC(=O)C1(OC)CCNCC1.Cl. The molecule has 152 valence electrons. The number of hydrogen-bond donors (Lipinski definition) is 3. The summed E-state index contributed by atoms with van der Waals surface area (Å²) >= 11 is 6.06. The minimum absolute atomic E-state index is 0. The molecule has 0 aliphatic carbocycles. The van der Waals surface area contributed by atoms with Crippen molar-refractivity contribution in [3.8, 4) is 5.75 Å². The van der Waals surface area contributed by atoms with Gasteiger partial charge in [0.2, 0.25) is 5.91 Å². The zero-order valence-corrected chi connectivity index (χ0v) is 17.4. The van der Waals surface area contributed by atoms with E-state index < -0.39 is 5.60 Å². The Labute approximate surface area is 170 Å². The lowest BCUT2D eigenvalue weighted by Crippen LogP contribution is -2.54. The molecule has 1 saturated heterocycles. The quantitative estimate of drug-likeness (QED) is 0.630. The van der Waals surface area contributed by atoms with Gasteiger partial charge in [0, 0.05) is 31.2 Å². The highest BCUT2D eigenvalue weighted by atomic mass is 35.5. The Morgan fingerprint density at radius 2 is 1.93 bits per heavy atom. The van der Waals surface area contributed by atoms with Crippen molar-refractivity contribution in [3.63, 3.8) is 0 Å². The van der Waals surface area contributed by atoms with Gasteiger partial charge in [-0.2, -0.15) is 0 Å². The monoisotopic (exact) mass is 419 g/mol. The van der Waals surface area contributed by atoms with Crippen molar-refractivity contribution >= 4 is 41.5 Å². The number of anilines is 1. The Hall–Kier alpha value is -1.54. The van der Waals surface area contributed by atoms with Crippen LogP contribution in [0.1, 0.15) is 24.8 Å². The summed E-state index contributed by atoms with van der Waals surface area (Å²) in [4.78, 5) is 24.6. The molecule has 0 aromatic heterocycles.